The molecule has 0 aromatic carbocycles. The van der Waals surface area contributed by atoms with Gasteiger partial charge in [-0.15, -0.1) is 0 Å². The molecule has 6 heteroatoms. The van der Waals surface area contributed by atoms with Crippen molar-refractivity contribution >= 4 is 11.9 Å². The van der Waals surface area contributed by atoms with Crippen molar-refractivity contribution in [1.82, 2.24) is 5.32 Å². The Balaban J connectivity index is 1.77. The fourth-order valence-electron chi connectivity index (χ4n) is 2.61. The second-order valence-corrected chi connectivity index (χ2v) is 5.74. The molecule has 120 valence electrons. The van der Waals surface area contributed by atoms with Gasteiger partial charge in [0.05, 0.1) is 5.56 Å². The molecule has 1 heterocycles. The Bertz CT molecular complexity index is 509. The Morgan fingerprint density at radius 1 is 1.32 bits per heavy atom. The zero-order chi connectivity index (χ0) is 15.9. The van der Waals surface area contributed by atoms with Gasteiger partial charge >= 0.3 is 5.97 Å². The van der Waals surface area contributed by atoms with Crippen LogP contribution in [0.25, 0.3) is 0 Å². The zero-order valence-corrected chi connectivity index (χ0v) is 12.8. The van der Waals surface area contributed by atoms with Crippen LogP contribution in [-0.4, -0.2) is 24.5 Å². The average molecular weight is 306 g/mol. The number of nitrogens with one attached hydrogen (secondary N) is 1. The van der Waals surface area contributed by atoms with Gasteiger partial charge in [-0.2, -0.15) is 4.73 Å². The van der Waals surface area contributed by atoms with E-state index in [0.29, 0.717) is 17.2 Å². The standard InChI is InChI=1S/C16H22N2O4/c1-12(15(19)17-11-13-5-3-2-4-6-13)22-16(20)14-7-9-18(21)10-8-14/h7-10,12-13H,2-6,11H2,1H3,(H,17,19)/t12-/m1/s1. The SMILES string of the molecule is C[C@@H](OC(=O)c1cc[n+]([O-])cc1)C(=O)NCC1CCCCC1. The van der Waals surface area contributed by atoms with Gasteiger partial charge in [-0.1, -0.05) is 19.3 Å². The highest BCUT2D eigenvalue weighted by atomic mass is 16.5. The summed E-state index contributed by atoms with van der Waals surface area (Å²) in [5, 5.41) is 13.8. The number of rotatable bonds is 5. The largest absolute Gasteiger partial charge is 0.619 e. The third-order valence-corrected chi connectivity index (χ3v) is 3.98. The third kappa shape index (κ3) is 4.72. The second kappa shape index (κ2) is 7.77. The fraction of sp³-hybridized carbons (Fsp3) is 0.562. The lowest BCUT2D eigenvalue weighted by atomic mass is 9.89. The van der Waals surface area contributed by atoms with Gasteiger partial charge in [0.1, 0.15) is 0 Å². The number of carbonyl (C=O) groups excluding carboxylic acids is 2. The van der Waals surface area contributed by atoms with Gasteiger partial charge in [0.25, 0.3) is 5.91 Å². The summed E-state index contributed by atoms with van der Waals surface area (Å²) in [5.41, 5.74) is 0.249. The van der Waals surface area contributed by atoms with Gasteiger partial charge in [-0.3, -0.25) is 4.79 Å². The Kier molecular flexibility index (Phi) is 5.75. The van der Waals surface area contributed by atoms with Gasteiger partial charge in [0.15, 0.2) is 18.5 Å². The Labute approximate surface area is 130 Å². The van der Waals surface area contributed by atoms with Crippen LogP contribution in [0.4, 0.5) is 0 Å². The minimum atomic E-state index is -0.851. The molecular weight excluding hydrogens is 284 g/mol. The van der Waals surface area contributed by atoms with E-state index in [1.54, 1.807) is 6.92 Å². The molecule has 1 amide bonds. The van der Waals surface area contributed by atoms with Crippen LogP contribution in [0.5, 0.6) is 0 Å². The van der Waals surface area contributed by atoms with E-state index >= 15 is 0 Å². The van der Waals surface area contributed by atoms with Crippen LogP contribution in [0, 0.1) is 11.1 Å². The maximum atomic E-state index is 12.0. The normalized spacial score (nSPS) is 16.8. The van der Waals surface area contributed by atoms with Gasteiger partial charge in [0.2, 0.25) is 0 Å². The summed E-state index contributed by atoms with van der Waals surface area (Å²) in [6.07, 6.45) is 7.59. The number of hydrogen-bond donors (Lipinski definition) is 1. The highest BCUT2D eigenvalue weighted by Crippen LogP contribution is 2.22. The highest BCUT2D eigenvalue weighted by Gasteiger charge is 2.21. The molecule has 1 atom stereocenters. The van der Waals surface area contributed by atoms with E-state index in [9.17, 15) is 14.8 Å². The number of carbonyl (C=O) groups is 2. The Morgan fingerprint density at radius 3 is 2.59 bits per heavy atom. The molecule has 0 spiro atoms. The van der Waals surface area contributed by atoms with Crippen LogP contribution in [-0.2, 0) is 9.53 Å². The predicted molar refractivity (Wildman–Crippen MR) is 79.9 cm³/mol. The van der Waals surface area contributed by atoms with Gasteiger partial charge in [0, 0.05) is 18.7 Å². The minimum absolute atomic E-state index is 0.249. The lowest BCUT2D eigenvalue weighted by Gasteiger charge is -2.22. The third-order valence-electron chi connectivity index (χ3n) is 3.98. The quantitative estimate of drug-likeness (QED) is 0.508. The van der Waals surface area contributed by atoms with Gasteiger partial charge < -0.3 is 15.3 Å². The molecule has 1 aliphatic carbocycles. The molecule has 1 aromatic heterocycles. The number of ether oxygens (including phenoxy) is 1. The van der Waals surface area contributed by atoms with Crippen LogP contribution < -0.4 is 10.0 Å². The van der Waals surface area contributed by atoms with Crippen LogP contribution in [0.1, 0.15) is 49.4 Å². The van der Waals surface area contributed by atoms with Crippen LogP contribution in [0.2, 0.25) is 0 Å². The minimum Gasteiger partial charge on any atom is -0.619 e. The summed E-state index contributed by atoms with van der Waals surface area (Å²) in [6, 6.07) is 2.73. The molecule has 1 N–H and O–H groups in total. The highest BCUT2D eigenvalue weighted by molar-refractivity contribution is 5.91. The first kappa shape index (κ1) is 16.3. The monoisotopic (exact) mass is 306 g/mol. The van der Waals surface area contributed by atoms with Crippen LogP contribution in [0.3, 0.4) is 0 Å². The van der Waals surface area contributed by atoms with Crippen molar-refractivity contribution in [1.29, 1.82) is 0 Å². The molecule has 1 fully saturated rings. The first-order chi connectivity index (χ1) is 10.6. The van der Waals surface area contributed by atoms with E-state index < -0.39 is 12.1 Å². The summed E-state index contributed by atoms with van der Waals surface area (Å²) in [4.78, 5) is 23.8. The van der Waals surface area contributed by atoms with Crippen LogP contribution in [0.15, 0.2) is 24.5 Å². The zero-order valence-electron chi connectivity index (χ0n) is 12.8. The molecule has 2 rings (SSSR count). The molecular formula is C16H22N2O4. The van der Waals surface area contributed by atoms with Crippen molar-refractivity contribution in [3.05, 3.63) is 35.3 Å². The summed E-state index contributed by atoms with van der Waals surface area (Å²) in [7, 11) is 0. The van der Waals surface area contributed by atoms with E-state index in [1.165, 1.54) is 43.8 Å². The van der Waals surface area contributed by atoms with Crippen molar-refractivity contribution in [3.8, 4) is 0 Å². The molecule has 0 unspecified atom stereocenters. The second-order valence-electron chi connectivity index (χ2n) is 5.74. The summed E-state index contributed by atoms with van der Waals surface area (Å²) >= 11 is 0. The molecule has 6 nitrogen and oxygen atoms in total. The van der Waals surface area contributed by atoms with Gasteiger partial charge in [-0.25, -0.2) is 4.79 Å². The van der Waals surface area contributed by atoms with E-state index in [-0.39, 0.29) is 11.5 Å². The molecule has 0 bridgehead atoms. The predicted octanol–water partition coefficient (Wildman–Crippen LogP) is 1.56. The number of hydrogen-bond acceptors (Lipinski definition) is 4. The van der Waals surface area contributed by atoms with Crippen molar-refractivity contribution < 1.29 is 19.1 Å². The number of aromatic nitrogens is 1. The van der Waals surface area contributed by atoms with Crippen LogP contribution >= 0.6 is 0 Å². The maximum absolute atomic E-state index is 12.0. The van der Waals surface area contributed by atoms with E-state index in [0.717, 1.165) is 12.8 Å². The average Bonchev–Trinajstić information content (AvgIpc) is 2.54. The molecule has 0 radical (unpaired) electrons. The molecule has 1 aromatic rings. The molecule has 22 heavy (non-hydrogen) atoms. The summed E-state index contributed by atoms with van der Waals surface area (Å²) in [6.45, 7) is 2.19. The molecule has 1 aliphatic rings. The Morgan fingerprint density at radius 2 is 1.95 bits per heavy atom. The topological polar surface area (TPSA) is 82.3 Å². The fourth-order valence-corrected chi connectivity index (χ4v) is 2.61. The summed E-state index contributed by atoms with van der Waals surface area (Å²) < 4.78 is 5.70. The molecule has 1 saturated carbocycles. The number of amides is 1. The number of pyridine rings is 1. The van der Waals surface area contributed by atoms with Crippen molar-refractivity contribution in [2.75, 3.05) is 6.54 Å². The van der Waals surface area contributed by atoms with Gasteiger partial charge in [-0.05, 0) is 25.7 Å². The van der Waals surface area contributed by atoms with E-state index in [1.807, 2.05) is 0 Å². The Hall–Kier alpha value is -2.11. The number of nitrogens with zero attached hydrogens (tertiary/aromatic N) is 1. The lowest BCUT2D eigenvalue weighted by Crippen LogP contribution is -2.38. The van der Waals surface area contributed by atoms with Crippen molar-refractivity contribution in [2.45, 2.75) is 45.1 Å². The first-order valence-corrected chi connectivity index (χ1v) is 7.74. The maximum Gasteiger partial charge on any atom is 0.339 e. The smallest absolute Gasteiger partial charge is 0.339 e. The summed E-state index contributed by atoms with van der Waals surface area (Å²) in [5.74, 6) is -0.364. The molecule has 0 aliphatic heterocycles. The van der Waals surface area contributed by atoms with E-state index in [4.69, 9.17) is 4.74 Å². The lowest BCUT2D eigenvalue weighted by molar-refractivity contribution is -0.605. The molecule has 0 saturated heterocycles. The van der Waals surface area contributed by atoms with Crippen molar-refractivity contribution in [3.63, 3.8) is 0 Å². The van der Waals surface area contributed by atoms with Crippen molar-refractivity contribution in [2.24, 2.45) is 5.92 Å². The number of esters is 1. The first-order valence-electron chi connectivity index (χ1n) is 7.74. The van der Waals surface area contributed by atoms with E-state index in [2.05, 4.69) is 5.32 Å².